The molecule has 0 atom stereocenters. The van der Waals surface area contributed by atoms with Gasteiger partial charge >= 0.3 is 12.6 Å². The van der Waals surface area contributed by atoms with Gasteiger partial charge in [0.15, 0.2) is 11.6 Å². The van der Waals surface area contributed by atoms with Crippen molar-refractivity contribution < 1.29 is 28.2 Å². The van der Waals surface area contributed by atoms with Gasteiger partial charge in [-0.2, -0.15) is 14.0 Å². The van der Waals surface area contributed by atoms with Gasteiger partial charge in [-0.25, -0.2) is 9.78 Å². The third kappa shape index (κ3) is 4.24. The van der Waals surface area contributed by atoms with Crippen molar-refractivity contribution in [2.24, 2.45) is 0 Å². The number of nitrogens with zero attached hydrogens (tertiary/aromatic N) is 2. The Bertz CT molecular complexity index is 1050. The zero-order chi connectivity index (χ0) is 20.1. The van der Waals surface area contributed by atoms with Gasteiger partial charge in [-0.1, -0.05) is 18.2 Å². The number of halogens is 2. The molecule has 0 unspecified atom stereocenters. The summed E-state index contributed by atoms with van der Waals surface area (Å²) in [5.74, 6) is -1.46. The number of alkyl halides is 2. The van der Waals surface area contributed by atoms with E-state index in [0.717, 1.165) is 6.07 Å². The van der Waals surface area contributed by atoms with Gasteiger partial charge in [0.25, 0.3) is 0 Å². The molecule has 0 bridgehead atoms. The minimum atomic E-state index is -3.03. The summed E-state index contributed by atoms with van der Waals surface area (Å²) in [5, 5.41) is 19.5. The van der Waals surface area contributed by atoms with E-state index < -0.39 is 24.9 Å². The van der Waals surface area contributed by atoms with E-state index in [2.05, 4.69) is 14.7 Å². The summed E-state index contributed by atoms with van der Waals surface area (Å²) in [4.78, 5) is 19.2. The fourth-order valence-electron chi connectivity index (χ4n) is 2.41. The zero-order valence-electron chi connectivity index (χ0n) is 14.2. The highest BCUT2D eigenvalue weighted by molar-refractivity contribution is 5.90. The number of imidazole rings is 1. The van der Waals surface area contributed by atoms with Crippen LogP contribution in [0.2, 0.25) is 0 Å². The topological polar surface area (TPSA) is 108 Å². The van der Waals surface area contributed by atoms with E-state index in [4.69, 9.17) is 4.74 Å². The van der Waals surface area contributed by atoms with Crippen molar-refractivity contribution in [1.82, 2.24) is 9.97 Å². The van der Waals surface area contributed by atoms with Gasteiger partial charge in [-0.3, -0.25) is 0 Å². The first-order valence-electron chi connectivity index (χ1n) is 7.97. The van der Waals surface area contributed by atoms with Crippen molar-refractivity contribution in [3.8, 4) is 11.8 Å². The first kappa shape index (κ1) is 18.8. The van der Waals surface area contributed by atoms with Crippen LogP contribution in [0.3, 0.4) is 0 Å². The van der Waals surface area contributed by atoms with Crippen LogP contribution in [0.4, 0.5) is 8.78 Å². The molecule has 0 radical (unpaired) electrons. The number of aromatic nitrogens is 2. The smallest absolute Gasteiger partial charge is 0.387 e. The Morgan fingerprint density at radius 1 is 1.25 bits per heavy atom. The monoisotopic (exact) mass is 385 g/mol. The van der Waals surface area contributed by atoms with E-state index in [1.165, 1.54) is 18.2 Å². The van der Waals surface area contributed by atoms with E-state index in [-0.39, 0.29) is 22.7 Å². The third-order valence-corrected chi connectivity index (χ3v) is 3.66. The molecule has 3 rings (SSSR count). The Morgan fingerprint density at radius 3 is 2.75 bits per heavy atom. The van der Waals surface area contributed by atoms with Crippen LogP contribution in [-0.4, -0.2) is 34.3 Å². The summed E-state index contributed by atoms with van der Waals surface area (Å²) in [7, 11) is 0. The van der Waals surface area contributed by atoms with Crippen molar-refractivity contribution in [3.05, 3.63) is 65.7 Å². The predicted octanol–water partition coefficient (Wildman–Crippen LogP) is 3.81. The van der Waals surface area contributed by atoms with Crippen molar-refractivity contribution in [2.75, 3.05) is 6.61 Å². The number of aliphatic hydroxyl groups excluding tert-OH is 1. The molecule has 0 saturated carbocycles. The Morgan fingerprint density at radius 2 is 2.04 bits per heavy atom. The number of carbonyl (C=O) groups is 1. The summed E-state index contributed by atoms with van der Waals surface area (Å²) >= 11 is 0. The molecule has 0 spiro atoms. The minimum Gasteiger partial charge on any atom is -0.507 e. The highest BCUT2D eigenvalue weighted by atomic mass is 19.3. The first-order valence-corrected chi connectivity index (χ1v) is 7.97. The number of esters is 1. The standard InChI is InChI=1S/C19H13F2N3O4/c20-19(21)28-12-5-3-4-11(8-12)18(26)27-10-16(25)13(9-22)17-23-14-6-1-2-7-15(14)24-17/h1-8,19,25H,10H2,(H,23,24)/b16-13+. The maximum absolute atomic E-state index is 12.3. The summed E-state index contributed by atoms with van der Waals surface area (Å²) in [6.45, 7) is -3.63. The number of H-pyrrole nitrogens is 1. The summed E-state index contributed by atoms with van der Waals surface area (Å²) < 4.78 is 33.7. The molecule has 0 aliphatic carbocycles. The van der Waals surface area contributed by atoms with Gasteiger partial charge in [0.2, 0.25) is 0 Å². The largest absolute Gasteiger partial charge is 0.507 e. The Kier molecular flexibility index (Phi) is 5.50. The number of aliphatic hydroxyl groups is 1. The van der Waals surface area contributed by atoms with Crippen LogP contribution < -0.4 is 4.74 Å². The van der Waals surface area contributed by atoms with Crippen molar-refractivity contribution in [3.63, 3.8) is 0 Å². The molecule has 0 amide bonds. The van der Waals surface area contributed by atoms with E-state index in [9.17, 15) is 23.9 Å². The molecule has 0 aliphatic heterocycles. The number of hydrogen-bond acceptors (Lipinski definition) is 6. The molecule has 0 aliphatic rings. The van der Waals surface area contributed by atoms with Crippen LogP contribution in [0.5, 0.6) is 5.75 Å². The van der Waals surface area contributed by atoms with Crippen molar-refractivity contribution in [1.29, 1.82) is 5.26 Å². The van der Waals surface area contributed by atoms with Crippen molar-refractivity contribution >= 4 is 22.6 Å². The van der Waals surface area contributed by atoms with E-state index >= 15 is 0 Å². The normalized spacial score (nSPS) is 11.8. The Balaban J connectivity index is 1.75. The number of para-hydroxylation sites is 2. The second-order valence-electron chi connectivity index (χ2n) is 5.52. The fraction of sp³-hybridized carbons (Fsp3) is 0.105. The quantitative estimate of drug-likeness (QED) is 0.379. The minimum absolute atomic E-state index is 0.0480. The molecule has 1 heterocycles. The van der Waals surface area contributed by atoms with Gasteiger partial charge in [0.05, 0.1) is 16.6 Å². The lowest BCUT2D eigenvalue weighted by Crippen LogP contribution is -2.10. The average molecular weight is 385 g/mol. The number of nitriles is 1. The molecule has 1 aromatic heterocycles. The SMILES string of the molecule is N#C/C(=C(\O)COC(=O)c1cccc(OC(F)F)c1)c1nc2ccccc2[nH]1. The molecule has 9 heteroatoms. The average Bonchev–Trinajstić information content (AvgIpc) is 3.10. The molecule has 0 fully saturated rings. The van der Waals surface area contributed by atoms with Gasteiger partial charge in [-0.05, 0) is 30.3 Å². The molecular weight excluding hydrogens is 372 g/mol. The van der Waals surface area contributed by atoms with E-state index in [1.54, 1.807) is 24.3 Å². The number of allylic oxidation sites excluding steroid dienone is 1. The van der Waals surface area contributed by atoms with Gasteiger partial charge in [0.1, 0.15) is 24.0 Å². The molecule has 7 nitrogen and oxygen atoms in total. The number of benzene rings is 2. The maximum Gasteiger partial charge on any atom is 0.387 e. The second-order valence-corrected chi connectivity index (χ2v) is 5.52. The molecule has 142 valence electrons. The number of aromatic amines is 1. The second kappa shape index (κ2) is 8.18. The van der Waals surface area contributed by atoms with E-state index in [0.29, 0.717) is 11.0 Å². The van der Waals surface area contributed by atoms with E-state index in [1.807, 2.05) is 6.07 Å². The lowest BCUT2D eigenvalue weighted by Gasteiger charge is -2.08. The molecule has 0 saturated heterocycles. The fourth-order valence-corrected chi connectivity index (χ4v) is 2.41. The van der Waals surface area contributed by atoms with Crippen LogP contribution in [0.15, 0.2) is 54.3 Å². The maximum atomic E-state index is 12.3. The number of fused-ring (bicyclic) bond motifs is 1. The highest BCUT2D eigenvalue weighted by Gasteiger charge is 2.16. The van der Waals surface area contributed by atoms with Crippen LogP contribution in [0.1, 0.15) is 16.2 Å². The number of carbonyl (C=O) groups excluding carboxylic acids is 1. The zero-order valence-corrected chi connectivity index (χ0v) is 14.2. The van der Waals surface area contributed by atoms with Crippen molar-refractivity contribution in [2.45, 2.75) is 6.61 Å². The van der Waals surface area contributed by atoms with Gasteiger partial charge < -0.3 is 19.6 Å². The van der Waals surface area contributed by atoms with Gasteiger partial charge in [-0.15, -0.1) is 0 Å². The summed E-state index contributed by atoms with van der Waals surface area (Å²) in [5.41, 5.74) is 1.05. The molecule has 2 aromatic carbocycles. The van der Waals surface area contributed by atoms with Gasteiger partial charge in [0, 0.05) is 0 Å². The first-order chi connectivity index (χ1) is 13.5. The third-order valence-electron chi connectivity index (χ3n) is 3.66. The van der Waals surface area contributed by atoms with Crippen LogP contribution in [-0.2, 0) is 4.74 Å². The Labute approximate surface area is 157 Å². The molecule has 3 aromatic rings. The lowest BCUT2D eigenvalue weighted by atomic mass is 10.2. The Hall–Kier alpha value is -3.93. The van der Waals surface area contributed by atoms with Crippen LogP contribution in [0, 0.1) is 11.3 Å². The lowest BCUT2D eigenvalue weighted by molar-refractivity contribution is -0.0499. The number of rotatable bonds is 6. The molecular formula is C19H13F2N3O4. The molecule has 2 N–H and O–H groups in total. The summed E-state index contributed by atoms with van der Waals surface area (Å²) in [6, 6.07) is 13.9. The number of hydrogen-bond donors (Lipinski definition) is 2. The number of nitrogens with one attached hydrogen (secondary N) is 1. The summed E-state index contributed by atoms with van der Waals surface area (Å²) in [6.07, 6.45) is 0. The van der Waals surface area contributed by atoms with Crippen LogP contribution in [0.25, 0.3) is 16.6 Å². The van der Waals surface area contributed by atoms with Crippen LogP contribution >= 0.6 is 0 Å². The predicted molar refractivity (Wildman–Crippen MR) is 94.6 cm³/mol. The highest BCUT2D eigenvalue weighted by Crippen LogP contribution is 2.20. The molecule has 28 heavy (non-hydrogen) atoms. The number of ether oxygens (including phenoxy) is 2.